The van der Waals surface area contributed by atoms with Gasteiger partial charge in [0.25, 0.3) is 0 Å². The molecule has 1 aromatic heterocycles. The van der Waals surface area contributed by atoms with Gasteiger partial charge in [-0.1, -0.05) is 21.1 Å². The molecule has 1 aliphatic carbocycles. The average molecular weight is 244 g/mol. The standard InChI is InChI=1S/C9H10BrNO2/c1-5-8(7(12)4-10)9(11-13-5)6-2-3-6/h6H,2-4H2,1H3. The maximum Gasteiger partial charge on any atom is 0.178 e. The van der Waals surface area contributed by atoms with E-state index in [2.05, 4.69) is 21.1 Å². The van der Waals surface area contributed by atoms with Crippen LogP contribution in [0.3, 0.4) is 0 Å². The Morgan fingerprint density at radius 3 is 2.92 bits per heavy atom. The van der Waals surface area contributed by atoms with Crippen molar-refractivity contribution in [2.45, 2.75) is 25.7 Å². The fraction of sp³-hybridized carbons (Fsp3) is 0.556. The van der Waals surface area contributed by atoms with Gasteiger partial charge in [-0.25, -0.2) is 0 Å². The molecular weight excluding hydrogens is 234 g/mol. The van der Waals surface area contributed by atoms with Crippen molar-refractivity contribution in [3.8, 4) is 0 Å². The monoisotopic (exact) mass is 243 g/mol. The number of nitrogens with zero attached hydrogens (tertiary/aromatic N) is 1. The highest BCUT2D eigenvalue weighted by atomic mass is 79.9. The van der Waals surface area contributed by atoms with Gasteiger partial charge in [0.2, 0.25) is 0 Å². The summed E-state index contributed by atoms with van der Waals surface area (Å²) >= 11 is 3.16. The van der Waals surface area contributed by atoms with Gasteiger partial charge in [0.05, 0.1) is 16.6 Å². The van der Waals surface area contributed by atoms with Crippen LogP contribution >= 0.6 is 15.9 Å². The van der Waals surface area contributed by atoms with Crippen molar-refractivity contribution in [1.29, 1.82) is 0 Å². The van der Waals surface area contributed by atoms with Crippen LogP contribution in [-0.2, 0) is 0 Å². The van der Waals surface area contributed by atoms with Gasteiger partial charge in [0.1, 0.15) is 5.76 Å². The number of hydrogen-bond donors (Lipinski definition) is 0. The lowest BCUT2D eigenvalue weighted by atomic mass is 10.1. The van der Waals surface area contributed by atoms with E-state index in [9.17, 15) is 4.79 Å². The molecule has 3 nitrogen and oxygen atoms in total. The zero-order valence-corrected chi connectivity index (χ0v) is 8.93. The van der Waals surface area contributed by atoms with Crippen LogP contribution in [0.4, 0.5) is 0 Å². The number of carbonyl (C=O) groups excluding carboxylic acids is 1. The van der Waals surface area contributed by atoms with E-state index in [4.69, 9.17) is 4.52 Å². The van der Waals surface area contributed by atoms with Crippen molar-refractivity contribution in [2.24, 2.45) is 0 Å². The number of rotatable bonds is 3. The predicted molar refractivity (Wildman–Crippen MR) is 51.3 cm³/mol. The zero-order valence-electron chi connectivity index (χ0n) is 7.34. The van der Waals surface area contributed by atoms with E-state index in [1.807, 2.05) is 0 Å². The summed E-state index contributed by atoms with van der Waals surface area (Å²) in [6.07, 6.45) is 2.27. The minimum absolute atomic E-state index is 0.0700. The third-order valence-corrected chi connectivity index (χ3v) is 2.76. The number of aromatic nitrogens is 1. The lowest BCUT2D eigenvalue weighted by Gasteiger charge is -1.95. The molecule has 0 atom stereocenters. The minimum atomic E-state index is 0.0700. The van der Waals surface area contributed by atoms with Crippen LogP contribution in [0.15, 0.2) is 4.52 Å². The molecule has 0 amide bonds. The number of hydrogen-bond acceptors (Lipinski definition) is 3. The number of aryl methyl sites for hydroxylation is 1. The maximum atomic E-state index is 11.5. The summed E-state index contributed by atoms with van der Waals surface area (Å²) in [7, 11) is 0. The second-order valence-corrected chi connectivity index (χ2v) is 3.89. The van der Waals surface area contributed by atoms with Crippen LogP contribution in [0.25, 0.3) is 0 Å². The topological polar surface area (TPSA) is 43.1 Å². The number of halogens is 1. The molecule has 0 aromatic carbocycles. The van der Waals surface area contributed by atoms with Crippen molar-refractivity contribution < 1.29 is 9.32 Å². The number of Topliss-reactive ketones (excluding diaryl/α,β-unsaturated/α-hetero) is 1. The molecule has 0 bridgehead atoms. The second kappa shape index (κ2) is 3.25. The van der Waals surface area contributed by atoms with E-state index in [0.717, 1.165) is 18.5 Å². The Labute approximate surface area is 84.6 Å². The maximum absolute atomic E-state index is 11.5. The van der Waals surface area contributed by atoms with Gasteiger partial charge in [0, 0.05) is 5.92 Å². The number of alkyl halides is 1. The largest absolute Gasteiger partial charge is 0.361 e. The van der Waals surface area contributed by atoms with E-state index in [1.54, 1.807) is 6.92 Å². The molecule has 1 aromatic rings. The van der Waals surface area contributed by atoms with Crippen molar-refractivity contribution in [2.75, 3.05) is 5.33 Å². The molecule has 4 heteroatoms. The van der Waals surface area contributed by atoms with Gasteiger partial charge < -0.3 is 4.52 Å². The Kier molecular flexibility index (Phi) is 2.24. The van der Waals surface area contributed by atoms with Crippen molar-refractivity contribution in [3.05, 3.63) is 17.0 Å². The van der Waals surface area contributed by atoms with Crippen LogP contribution < -0.4 is 0 Å². The predicted octanol–water partition coefficient (Wildman–Crippen LogP) is 2.44. The summed E-state index contributed by atoms with van der Waals surface area (Å²) < 4.78 is 5.03. The van der Waals surface area contributed by atoms with Crippen LogP contribution in [0.1, 0.15) is 40.6 Å². The zero-order chi connectivity index (χ0) is 9.42. The highest BCUT2D eigenvalue weighted by Crippen LogP contribution is 2.41. The van der Waals surface area contributed by atoms with Gasteiger partial charge >= 0.3 is 0 Å². The molecule has 2 rings (SSSR count). The van der Waals surface area contributed by atoms with Crippen molar-refractivity contribution in [1.82, 2.24) is 5.16 Å². The SMILES string of the molecule is Cc1onc(C2CC2)c1C(=O)CBr. The number of ketones is 1. The molecule has 0 unspecified atom stereocenters. The molecule has 0 saturated heterocycles. The fourth-order valence-corrected chi connectivity index (χ4v) is 1.71. The van der Waals surface area contributed by atoms with E-state index in [0.29, 0.717) is 22.6 Å². The van der Waals surface area contributed by atoms with Crippen LogP contribution in [0.2, 0.25) is 0 Å². The Hall–Kier alpha value is -0.640. The van der Waals surface area contributed by atoms with Gasteiger partial charge in [-0.15, -0.1) is 0 Å². The number of carbonyl (C=O) groups is 1. The molecule has 1 aliphatic rings. The first-order chi connectivity index (χ1) is 6.24. The molecule has 0 radical (unpaired) electrons. The normalized spacial score (nSPS) is 16.2. The van der Waals surface area contributed by atoms with Crippen LogP contribution in [0, 0.1) is 6.92 Å². The van der Waals surface area contributed by atoms with Crippen molar-refractivity contribution in [3.63, 3.8) is 0 Å². The fourth-order valence-electron chi connectivity index (χ4n) is 1.43. The van der Waals surface area contributed by atoms with E-state index in [1.165, 1.54) is 0 Å². The summed E-state index contributed by atoms with van der Waals surface area (Å²) in [5, 5.41) is 4.27. The molecule has 1 heterocycles. The third-order valence-electron chi connectivity index (χ3n) is 2.25. The van der Waals surface area contributed by atoms with Crippen molar-refractivity contribution >= 4 is 21.7 Å². The van der Waals surface area contributed by atoms with E-state index in [-0.39, 0.29) is 5.78 Å². The third kappa shape index (κ3) is 1.55. The summed E-state index contributed by atoms with van der Waals surface area (Å²) in [6, 6.07) is 0. The van der Waals surface area contributed by atoms with Gasteiger partial charge in [-0.3, -0.25) is 4.79 Å². The summed E-state index contributed by atoms with van der Waals surface area (Å²) in [4.78, 5) is 11.5. The quantitative estimate of drug-likeness (QED) is 0.605. The Balaban J connectivity index is 2.39. The summed E-state index contributed by atoms with van der Waals surface area (Å²) in [6.45, 7) is 1.79. The lowest BCUT2D eigenvalue weighted by molar-refractivity contribution is 0.102. The molecule has 0 spiro atoms. The van der Waals surface area contributed by atoms with Crippen LogP contribution in [0.5, 0.6) is 0 Å². The molecule has 13 heavy (non-hydrogen) atoms. The Bertz CT molecular complexity index is 341. The van der Waals surface area contributed by atoms with Crippen LogP contribution in [-0.4, -0.2) is 16.3 Å². The minimum Gasteiger partial charge on any atom is -0.361 e. The Morgan fingerprint density at radius 2 is 2.38 bits per heavy atom. The second-order valence-electron chi connectivity index (χ2n) is 3.33. The molecule has 70 valence electrons. The summed E-state index contributed by atoms with van der Waals surface area (Å²) in [5.74, 6) is 1.18. The molecule has 1 fully saturated rings. The van der Waals surface area contributed by atoms with E-state index < -0.39 is 0 Å². The van der Waals surface area contributed by atoms with E-state index >= 15 is 0 Å². The average Bonchev–Trinajstić information content (AvgIpc) is 2.89. The first-order valence-corrected chi connectivity index (χ1v) is 5.41. The highest BCUT2D eigenvalue weighted by molar-refractivity contribution is 9.09. The smallest absolute Gasteiger partial charge is 0.178 e. The Morgan fingerprint density at radius 1 is 1.69 bits per heavy atom. The first-order valence-electron chi connectivity index (χ1n) is 4.29. The first kappa shape index (κ1) is 8.94. The molecular formula is C9H10BrNO2. The molecule has 1 saturated carbocycles. The highest BCUT2D eigenvalue weighted by Gasteiger charge is 2.32. The van der Waals surface area contributed by atoms with Gasteiger partial charge in [0.15, 0.2) is 5.78 Å². The molecule has 0 aliphatic heterocycles. The summed E-state index contributed by atoms with van der Waals surface area (Å²) in [5.41, 5.74) is 1.56. The molecule has 0 N–H and O–H groups in total. The lowest BCUT2D eigenvalue weighted by Crippen LogP contribution is -2.03. The van der Waals surface area contributed by atoms with Gasteiger partial charge in [-0.2, -0.15) is 0 Å². The van der Waals surface area contributed by atoms with Gasteiger partial charge in [-0.05, 0) is 19.8 Å².